The first-order chi connectivity index (χ1) is 10.4. The summed E-state index contributed by atoms with van der Waals surface area (Å²) in [7, 11) is 0. The molecule has 0 spiro atoms. The standard InChI is InChI=1S/C16H24N2O2S2/c1-5-20-16(19)12(4)9-13(14(21)8-11(2)3)18-10-15-17-6-7-22-15/h6-7,10-12,21H,5,8-9H2,1-4H3/b14-13-,18-10?/t12-/m0/s1. The first-order valence-electron chi connectivity index (χ1n) is 7.45. The van der Waals surface area contributed by atoms with E-state index in [1.165, 1.54) is 11.3 Å². The lowest BCUT2D eigenvalue weighted by molar-refractivity contribution is -0.147. The summed E-state index contributed by atoms with van der Waals surface area (Å²) in [5, 5.41) is 2.74. The van der Waals surface area contributed by atoms with Gasteiger partial charge in [-0.05, 0) is 19.3 Å². The fraction of sp³-hybridized carbons (Fsp3) is 0.562. The second kappa shape index (κ2) is 9.79. The zero-order valence-electron chi connectivity index (χ0n) is 13.6. The molecule has 1 aromatic heterocycles. The Hall–Kier alpha value is -1.14. The van der Waals surface area contributed by atoms with Gasteiger partial charge in [0.15, 0.2) is 0 Å². The molecule has 1 heterocycles. The molecule has 0 aliphatic heterocycles. The van der Waals surface area contributed by atoms with Crippen LogP contribution in [0.5, 0.6) is 0 Å². The summed E-state index contributed by atoms with van der Waals surface area (Å²) < 4.78 is 5.07. The Morgan fingerprint density at radius 1 is 1.45 bits per heavy atom. The van der Waals surface area contributed by atoms with Crippen LogP contribution in [0.25, 0.3) is 0 Å². The Kier molecular flexibility index (Phi) is 8.42. The van der Waals surface area contributed by atoms with Crippen molar-refractivity contribution in [1.29, 1.82) is 0 Å². The van der Waals surface area contributed by atoms with Crippen molar-refractivity contribution in [3.05, 3.63) is 27.2 Å². The number of ether oxygens (including phenoxy) is 1. The number of nitrogens with zero attached hydrogens (tertiary/aromatic N) is 2. The van der Waals surface area contributed by atoms with Crippen LogP contribution in [-0.4, -0.2) is 23.8 Å². The van der Waals surface area contributed by atoms with E-state index < -0.39 is 0 Å². The van der Waals surface area contributed by atoms with Crippen molar-refractivity contribution >= 4 is 36.1 Å². The van der Waals surface area contributed by atoms with Gasteiger partial charge in [0.25, 0.3) is 0 Å². The smallest absolute Gasteiger partial charge is 0.309 e. The molecule has 0 bridgehead atoms. The maximum Gasteiger partial charge on any atom is 0.309 e. The van der Waals surface area contributed by atoms with E-state index in [1.54, 1.807) is 12.4 Å². The van der Waals surface area contributed by atoms with Gasteiger partial charge in [-0.3, -0.25) is 9.79 Å². The highest BCUT2D eigenvalue weighted by Gasteiger charge is 2.17. The van der Waals surface area contributed by atoms with Crippen LogP contribution < -0.4 is 0 Å². The number of rotatable bonds is 8. The van der Waals surface area contributed by atoms with Gasteiger partial charge in [0.2, 0.25) is 0 Å². The SMILES string of the molecule is CCOC(=O)[C@@H](C)C/C(N=Cc1nccs1)=C(/S)CC(C)C. The Morgan fingerprint density at radius 2 is 2.18 bits per heavy atom. The summed E-state index contributed by atoms with van der Waals surface area (Å²) in [4.78, 5) is 21.4. The molecule has 22 heavy (non-hydrogen) atoms. The predicted molar refractivity (Wildman–Crippen MR) is 95.6 cm³/mol. The van der Waals surface area contributed by atoms with Gasteiger partial charge in [0.05, 0.1) is 24.4 Å². The first-order valence-corrected chi connectivity index (χ1v) is 8.77. The molecule has 0 aliphatic carbocycles. The van der Waals surface area contributed by atoms with E-state index in [-0.39, 0.29) is 11.9 Å². The molecule has 0 radical (unpaired) electrons. The molecule has 0 fully saturated rings. The van der Waals surface area contributed by atoms with Gasteiger partial charge in [0.1, 0.15) is 5.01 Å². The average molecular weight is 341 g/mol. The summed E-state index contributed by atoms with van der Waals surface area (Å²) in [6, 6.07) is 0. The number of aromatic nitrogens is 1. The molecule has 4 nitrogen and oxygen atoms in total. The van der Waals surface area contributed by atoms with Crippen LogP contribution in [0.4, 0.5) is 0 Å². The van der Waals surface area contributed by atoms with Gasteiger partial charge in [0, 0.05) is 22.9 Å². The van der Waals surface area contributed by atoms with E-state index >= 15 is 0 Å². The van der Waals surface area contributed by atoms with Crippen molar-refractivity contribution in [1.82, 2.24) is 4.98 Å². The van der Waals surface area contributed by atoms with Crippen LogP contribution in [0.15, 0.2) is 27.2 Å². The Labute approximate surface area is 142 Å². The zero-order chi connectivity index (χ0) is 16.5. The third-order valence-electron chi connectivity index (χ3n) is 2.91. The van der Waals surface area contributed by atoms with Crippen molar-refractivity contribution in [2.24, 2.45) is 16.8 Å². The normalized spacial score (nSPS) is 14.3. The number of allylic oxidation sites excluding steroid dienone is 2. The van der Waals surface area contributed by atoms with E-state index in [4.69, 9.17) is 4.74 Å². The number of aliphatic imine (C=N–C) groups is 1. The lowest BCUT2D eigenvalue weighted by Gasteiger charge is -2.14. The second-order valence-corrected chi connectivity index (χ2v) is 6.94. The third kappa shape index (κ3) is 6.75. The van der Waals surface area contributed by atoms with E-state index in [2.05, 4.69) is 36.5 Å². The molecule has 1 aromatic rings. The monoisotopic (exact) mass is 340 g/mol. The molecule has 0 saturated carbocycles. The molecule has 0 saturated heterocycles. The molecule has 0 amide bonds. The van der Waals surface area contributed by atoms with Crippen LogP contribution >= 0.6 is 24.0 Å². The van der Waals surface area contributed by atoms with E-state index in [9.17, 15) is 4.79 Å². The average Bonchev–Trinajstić information content (AvgIpc) is 2.95. The molecule has 0 N–H and O–H groups in total. The van der Waals surface area contributed by atoms with Crippen LogP contribution in [0.1, 0.15) is 45.5 Å². The Morgan fingerprint density at radius 3 is 2.73 bits per heavy atom. The summed E-state index contributed by atoms with van der Waals surface area (Å²) >= 11 is 6.11. The number of hydrogen-bond donors (Lipinski definition) is 1. The minimum atomic E-state index is -0.238. The van der Waals surface area contributed by atoms with E-state index in [0.717, 1.165) is 22.0 Å². The van der Waals surface area contributed by atoms with E-state index in [0.29, 0.717) is 18.9 Å². The highest BCUT2D eigenvalue weighted by Crippen LogP contribution is 2.25. The van der Waals surface area contributed by atoms with Gasteiger partial charge in [-0.2, -0.15) is 0 Å². The summed E-state index contributed by atoms with van der Waals surface area (Å²) in [5.41, 5.74) is 0.827. The molecule has 6 heteroatoms. The zero-order valence-corrected chi connectivity index (χ0v) is 15.3. The van der Waals surface area contributed by atoms with Gasteiger partial charge in [-0.15, -0.1) is 24.0 Å². The molecule has 1 rings (SSSR count). The number of thiazole rings is 1. The minimum Gasteiger partial charge on any atom is -0.466 e. The van der Waals surface area contributed by atoms with Crippen molar-refractivity contribution in [2.75, 3.05) is 6.61 Å². The maximum absolute atomic E-state index is 11.8. The van der Waals surface area contributed by atoms with Gasteiger partial charge >= 0.3 is 5.97 Å². The summed E-state index contributed by atoms with van der Waals surface area (Å²) in [6.45, 7) is 8.32. The van der Waals surface area contributed by atoms with Crippen molar-refractivity contribution < 1.29 is 9.53 Å². The Balaban J connectivity index is 2.89. The number of carbonyl (C=O) groups excluding carboxylic acids is 1. The number of esters is 1. The highest BCUT2D eigenvalue weighted by atomic mass is 32.1. The van der Waals surface area contributed by atoms with Gasteiger partial charge < -0.3 is 4.74 Å². The van der Waals surface area contributed by atoms with Crippen LogP contribution in [0.2, 0.25) is 0 Å². The molecule has 0 unspecified atom stereocenters. The lowest BCUT2D eigenvalue weighted by atomic mass is 10.0. The Bertz CT molecular complexity index is 522. The molecule has 0 aromatic carbocycles. The van der Waals surface area contributed by atoms with Gasteiger partial charge in [-0.1, -0.05) is 20.8 Å². The first kappa shape index (κ1) is 18.9. The van der Waals surface area contributed by atoms with Crippen molar-refractivity contribution in [2.45, 2.75) is 40.5 Å². The van der Waals surface area contributed by atoms with Crippen LogP contribution in [0, 0.1) is 11.8 Å². The fourth-order valence-corrected chi connectivity index (χ4v) is 2.85. The molecule has 0 aliphatic rings. The summed E-state index contributed by atoms with van der Waals surface area (Å²) in [5.74, 6) is 0.0447. The third-order valence-corrected chi connectivity index (χ3v) is 4.06. The molecular formula is C16H24N2O2S2. The topological polar surface area (TPSA) is 51.5 Å². The fourth-order valence-electron chi connectivity index (χ4n) is 1.84. The quantitative estimate of drug-likeness (QED) is 0.435. The molecule has 122 valence electrons. The number of carbonyl (C=O) groups is 1. The minimum absolute atomic E-state index is 0.199. The largest absolute Gasteiger partial charge is 0.466 e. The molecular weight excluding hydrogens is 316 g/mol. The number of hydrogen-bond acceptors (Lipinski definition) is 6. The van der Waals surface area contributed by atoms with Gasteiger partial charge in [-0.25, -0.2) is 4.98 Å². The predicted octanol–water partition coefficient (Wildman–Crippen LogP) is 4.34. The van der Waals surface area contributed by atoms with E-state index in [1.807, 2.05) is 19.2 Å². The van der Waals surface area contributed by atoms with Crippen molar-refractivity contribution in [3.63, 3.8) is 0 Å². The van der Waals surface area contributed by atoms with Crippen LogP contribution in [-0.2, 0) is 9.53 Å². The number of thiol groups is 1. The second-order valence-electron chi connectivity index (χ2n) is 5.48. The lowest BCUT2D eigenvalue weighted by Crippen LogP contribution is -2.15. The maximum atomic E-state index is 11.8. The van der Waals surface area contributed by atoms with Crippen molar-refractivity contribution in [3.8, 4) is 0 Å². The van der Waals surface area contributed by atoms with Crippen LogP contribution in [0.3, 0.4) is 0 Å². The molecule has 1 atom stereocenters. The highest BCUT2D eigenvalue weighted by molar-refractivity contribution is 7.84. The summed E-state index contributed by atoms with van der Waals surface area (Å²) in [6.07, 6.45) is 4.83.